The van der Waals surface area contributed by atoms with Gasteiger partial charge in [0.25, 0.3) is 5.91 Å². The van der Waals surface area contributed by atoms with Crippen molar-refractivity contribution in [1.82, 2.24) is 4.90 Å². The van der Waals surface area contributed by atoms with Crippen LogP contribution in [-0.4, -0.2) is 54.7 Å². The van der Waals surface area contributed by atoms with Crippen LogP contribution in [0.15, 0.2) is 47.4 Å². The van der Waals surface area contributed by atoms with Crippen molar-refractivity contribution in [2.24, 2.45) is 0 Å². The van der Waals surface area contributed by atoms with E-state index in [0.717, 1.165) is 25.0 Å². The number of nitrogens with zero attached hydrogens (tertiary/aromatic N) is 1. The summed E-state index contributed by atoms with van der Waals surface area (Å²) in [5.74, 6) is 1.15. The van der Waals surface area contributed by atoms with Gasteiger partial charge in [0.1, 0.15) is 10.1 Å². The molecule has 1 unspecified atom stereocenters. The SMILES string of the molecule is COc1ccc(NC(=O)Oc2ccc(/C=C3/SC(=S)N(CC4CCCO4)C3=O)cc2OC)cc1. The van der Waals surface area contributed by atoms with E-state index >= 15 is 0 Å². The van der Waals surface area contributed by atoms with Crippen LogP contribution in [-0.2, 0) is 9.53 Å². The van der Waals surface area contributed by atoms with Crippen LogP contribution in [0.25, 0.3) is 6.08 Å². The highest BCUT2D eigenvalue weighted by Gasteiger charge is 2.34. The smallest absolute Gasteiger partial charge is 0.417 e. The molecule has 34 heavy (non-hydrogen) atoms. The lowest BCUT2D eigenvalue weighted by molar-refractivity contribution is -0.123. The minimum atomic E-state index is -0.661. The lowest BCUT2D eigenvalue weighted by Gasteiger charge is -2.18. The molecule has 0 saturated carbocycles. The minimum Gasteiger partial charge on any atom is -0.497 e. The summed E-state index contributed by atoms with van der Waals surface area (Å²) in [6.07, 6.45) is 3.05. The molecule has 2 saturated heterocycles. The molecule has 2 aromatic carbocycles. The first kappa shape index (κ1) is 24.1. The highest BCUT2D eigenvalue weighted by molar-refractivity contribution is 8.26. The molecule has 2 aliphatic rings. The molecule has 2 heterocycles. The van der Waals surface area contributed by atoms with Crippen LogP contribution in [0.4, 0.5) is 10.5 Å². The third-order valence-corrected chi connectivity index (χ3v) is 6.69. The first-order chi connectivity index (χ1) is 16.5. The fraction of sp³-hybridized carbons (Fsp3) is 0.292. The van der Waals surface area contributed by atoms with Crippen LogP contribution in [0.3, 0.4) is 0 Å². The Balaban J connectivity index is 1.43. The van der Waals surface area contributed by atoms with E-state index in [-0.39, 0.29) is 17.8 Å². The lowest BCUT2D eigenvalue weighted by atomic mass is 10.1. The number of thioether (sulfide) groups is 1. The van der Waals surface area contributed by atoms with Crippen LogP contribution in [0.1, 0.15) is 18.4 Å². The highest BCUT2D eigenvalue weighted by Crippen LogP contribution is 2.35. The second kappa shape index (κ2) is 10.9. The average molecular weight is 501 g/mol. The molecule has 2 aliphatic heterocycles. The number of hydrogen-bond acceptors (Lipinski definition) is 8. The first-order valence-electron chi connectivity index (χ1n) is 10.6. The zero-order valence-electron chi connectivity index (χ0n) is 18.7. The predicted octanol–water partition coefficient (Wildman–Crippen LogP) is 4.69. The van der Waals surface area contributed by atoms with E-state index in [1.54, 1.807) is 60.6 Å². The normalized spacial score (nSPS) is 18.9. The van der Waals surface area contributed by atoms with Gasteiger partial charge in [0.05, 0.1) is 31.8 Å². The summed E-state index contributed by atoms with van der Waals surface area (Å²) in [6, 6.07) is 11.9. The largest absolute Gasteiger partial charge is 0.497 e. The van der Waals surface area contributed by atoms with Crippen molar-refractivity contribution in [3.63, 3.8) is 0 Å². The molecule has 2 fully saturated rings. The summed E-state index contributed by atoms with van der Waals surface area (Å²) in [7, 11) is 3.05. The van der Waals surface area contributed by atoms with E-state index in [1.807, 2.05) is 0 Å². The monoisotopic (exact) mass is 500 g/mol. The molecule has 0 radical (unpaired) electrons. The first-order valence-corrected chi connectivity index (χ1v) is 11.9. The molecular weight excluding hydrogens is 476 g/mol. The van der Waals surface area contributed by atoms with E-state index in [1.165, 1.54) is 18.9 Å². The topological polar surface area (TPSA) is 86.3 Å². The van der Waals surface area contributed by atoms with Gasteiger partial charge >= 0.3 is 6.09 Å². The molecule has 0 bridgehead atoms. The summed E-state index contributed by atoms with van der Waals surface area (Å²) >= 11 is 6.67. The summed E-state index contributed by atoms with van der Waals surface area (Å²) in [6.45, 7) is 1.20. The van der Waals surface area contributed by atoms with Gasteiger partial charge in [0.2, 0.25) is 0 Å². The molecule has 0 aliphatic carbocycles. The number of benzene rings is 2. The molecule has 0 aromatic heterocycles. The number of amides is 2. The number of hydrogen-bond donors (Lipinski definition) is 1. The van der Waals surface area contributed by atoms with E-state index in [2.05, 4.69) is 5.32 Å². The van der Waals surface area contributed by atoms with Crippen LogP contribution in [0, 0.1) is 0 Å². The number of carbonyl (C=O) groups is 2. The van der Waals surface area contributed by atoms with Gasteiger partial charge in [-0.25, -0.2) is 4.79 Å². The van der Waals surface area contributed by atoms with Crippen molar-refractivity contribution in [2.45, 2.75) is 18.9 Å². The highest BCUT2D eigenvalue weighted by atomic mass is 32.2. The number of methoxy groups -OCH3 is 2. The predicted molar refractivity (Wildman–Crippen MR) is 134 cm³/mol. The van der Waals surface area contributed by atoms with Crippen LogP contribution < -0.4 is 19.5 Å². The molecule has 178 valence electrons. The standard InChI is InChI=1S/C24H24N2O6S2/c1-29-17-8-6-16(7-9-17)25-23(28)32-19-10-5-15(12-20(19)30-2)13-21-22(27)26(24(33)34-21)14-18-4-3-11-31-18/h5-10,12-13,18H,3-4,11,14H2,1-2H3,(H,25,28)/b21-13+. The molecule has 10 heteroatoms. The van der Waals surface area contributed by atoms with E-state index < -0.39 is 6.09 Å². The zero-order chi connectivity index (χ0) is 24.1. The summed E-state index contributed by atoms with van der Waals surface area (Å²) in [5.41, 5.74) is 1.28. The molecule has 8 nitrogen and oxygen atoms in total. The van der Waals surface area contributed by atoms with E-state index in [4.69, 9.17) is 31.2 Å². The number of thiocarbonyl (C=S) groups is 1. The number of rotatable bonds is 7. The molecule has 2 amide bonds. The van der Waals surface area contributed by atoms with Crippen LogP contribution >= 0.6 is 24.0 Å². The minimum absolute atomic E-state index is 0.0300. The fourth-order valence-corrected chi connectivity index (χ4v) is 4.85. The Morgan fingerprint density at radius 3 is 2.68 bits per heavy atom. The van der Waals surface area contributed by atoms with Gasteiger partial charge in [-0.15, -0.1) is 0 Å². The second-order valence-electron chi connectivity index (χ2n) is 7.58. The van der Waals surface area contributed by atoms with Gasteiger partial charge in [0, 0.05) is 12.3 Å². The summed E-state index contributed by atoms with van der Waals surface area (Å²) < 4.78 is 22.1. The van der Waals surface area contributed by atoms with E-state index in [9.17, 15) is 9.59 Å². The van der Waals surface area contributed by atoms with Crippen molar-refractivity contribution >= 4 is 52.1 Å². The van der Waals surface area contributed by atoms with Gasteiger partial charge in [-0.3, -0.25) is 15.0 Å². The van der Waals surface area contributed by atoms with Gasteiger partial charge in [-0.05, 0) is 60.9 Å². The Morgan fingerprint density at radius 2 is 2.00 bits per heavy atom. The van der Waals surface area contributed by atoms with Crippen molar-refractivity contribution < 1.29 is 28.5 Å². The van der Waals surface area contributed by atoms with Crippen molar-refractivity contribution in [1.29, 1.82) is 0 Å². The maximum Gasteiger partial charge on any atom is 0.417 e. The van der Waals surface area contributed by atoms with Crippen molar-refractivity contribution in [2.75, 3.05) is 32.7 Å². The third kappa shape index (κ3) is 5.69. The molecule has 4 rings (SSSR count). The summed E-state index contributed by atoms with van der Waals surface area (Å²) in [4.78, 5) is 27.3. The number of nitrogens with one attached hydrogen (secondary N) is 1. The third-order valence-electron chi connectivity index (χ3n) is 5.31. The fourth-order valence-electron chi connectivity index (χ4n) is 3.58. The van der Waals surface area contributed by atoms with Gasteiger partial charge < -0.3 is 18.9 Å². The zero-order valence-corrected chi connectivity index (χ0v) is 20.4. The molecule has 1 atom stereocenters. The lowest BCUT2D eigenvalue weighted by Crippen LogP contribution is -2.35. The van der Waals surface area contributed by atoms with Crippen molar-refractivity contribution in [3.8, 4) is 17.2 Å². The summed E-state index contributed by atoms with van der Waals surface area (Å²) in [5, 5.41) is 2.65. The molecule has 1 N–H and O–H groups in total. The molecular formula is C24H24N2O6S2. The maximum atomic E-state index is 12.9. The molecule has 2 aromatic rings. The maximum absolute atomic E-state index is 12.9. The number of carbonyl (C=O) groups excluding carboxylic acids is 2. The molecule has 0 spiro atoms. The van der Waals surface area contributed by atoms with Gasteiger partial charge in [0.15, 0.2) is 11.5 Å². The van der Waals surface area contributed by atoms with Gasteiger partial charge in [-0.1, -0.05) is 30.0 Å². The van der Waals surface area contributed by atoms with Crippen molar-refractivity contribution in [3.05, 3.63) is 52.9 Å². The van der Waals surface area contributed by atoms with Crippen LogP contribution in [0.5, 0.6) is 17.2 Å². The quantitative estimate of drug-likeness (QED) is 0.433. The number of anilines is 1. The second-order valence-corrected chi connectivity index (χ2v) is 9.26. The Kier molecular flexibility index (Phi) is 7.71. The van der Waals surface area contributed by atoms with Crippen LogP contribution in [0.2, 0.25) is 0 Å². The Hall–Kier alpha value is -3.08. The Labute approximate surface area is 207 Å². The Morgan fingerprint density at radius 1 is 1.21 bits per heavy atom. The average Bonchev–Trinajstić information content (AvgIpc) is 3.44. The van der Waals surface area contributed by atoms with Gasteiger partial charge in [-0.2, -0.15) is 0 Å². The number of ether oxygens (including phenoxy) is 4. The Bertz CT molecular complexity index is 1110. The van der Waals surface area contributed by atoms with E-state index in [0.29, 0.717) is 33.0 Å².